The summed E-state index contributed by atoms with van der Waals surface area (Å²) in [5.74, 6) is 3.19. The maximum atomic E-state index is 6.34. The molecule has 1 aromatic heterocycles. The Hall–Kier alpha value is -1.77. The number of nitrogens with two attached hydrogens (primary N) is 1. The largest absolute Gasteiger partial charge is 0.383 e. The van der Waals surface area contributed by atoms with Crippen molar-refractivity contribution in [3.63, 3.8) is 0 Å². The Morgan fingerprint density at radius 3 is 2.52 bits per heavy atom. The summed E-state index contributed by atoms with van der Waals surface area (Å²) >= 11 is 0. The lowest BCUT2D eigenvalue weighted by Crippen LogP contribution is -1.98. The predicted octanol–water partition coefficient (Wildman–Crippen LogP) is 3.80. The van der Waals surface area contributed by atoms with Crippen LogP contribution in [0.25, 0.3) is 11.1 Å². The van der Waals surface area contributed by atoms with Gasteiger partial charge in [-0.15, -0.1) is 0 Å². The zero-order chi connectivity index (χ0) is 14.7. The highest BCUT2D eigenvalue weighted by Crippen LogP contribution is 2.64. The second-order valence-corrected chi connectivity index (χ2v) is 6.85. The van der Waals surface area contributed by atoms with E-state index in [1.54, 1.807) is 0 Å². The molecule has 0 bridgehead atoms. The maximum absolute atomic E-state index is 6.34. The predicted molar refractivity (Wildman–Crippen MR) is 86.1 cm³/mol. The molecule has 2 atom stereocenters. The van der Waals surface area contributed by atoms with Crippen molar-refractivity contribution in [2.75, 3.05) is 5.73 Å². The van der Waals surface area contributed by atoms with Crippen LogP contribution in [0.3, 0.4) is 0 Å². The van der Waals surface area contributed by atoms with Crippen molar-refractivity contribution in [1.29, 1.82) is 0 Å². The van der Waals surface area contributed by atoms with Crippen molar-refractivity contribution < 1.29 is 0 Å². The molecule has 3 heteroatoms. The summed E-state index contributed by atoms with van der Waals surface area (Å²) in [6.07, 6.45) is 4.14. The molecule has 1 heterocycles. The Morgan fingerprint density at radius 1 is 1.14 bits per heavy atom. The van der Waals surface area contributed by atoms with E-state index in [1.807, 2.05) is 11.7 Å². The minimum atomic E-state index is 0.652. The van der Waals surface area contributed by atoms with E-state index in [4.69, 9.17) is 10.8 Å². The van der Waals surface area contributed by atoms with E-state index in [-0.39, 0.29) is 0 Å². The van der Waals surface area contributed by atoms with Crippen molar-refractivity contribution in [2.24, 2.45) is 18.9 Å². The van der Waals surface area contributed by atoms with E-state index in [0.29, 0.717) is 5.92 Å². The van der Waals surface area contributed by atoms with Crippen LogP contribution in [0.5, 0.6) is 0 Å². The summed E-state index contributed by atoms with van der Waals surface area (Å²) in [7, 11) is 1.96. The molecule has 2 N–H and O–H groups in total. The molecule has 0 spiro atoms. The number of hydrogen-bond acceptors (Lipinski definition) is 2. The zero-order valence-corrected chi connectivity index (χ0v) is 13.1. The molecule has 3 nitrogen and oxygen atoms in total. The third-order valence-electron chi connectivity index (χ3n) is 5.64. The van der Waals surface area contributed by atoms with Gasteiger partial charge < -0.3 is 5.73 Å². The fourth-order valence-electron chi connectivity index (χ4n) is 4.21. The molecule has 1 aromatic carbocycles. The van der Waals surface area contributed by atoms with Gasteiger partial charge in [0, 0.05) is 18.5 Å². The molecule has 2 saturated carbocycles. The van der Waals surface area contributed by atoms with Crippen LogP contribution in [-0.4, -0.2) is 9.78 Å². The first kappa shape index (κ1) is 12.9. The summed E-state index contributed by atoms with van der Waals surface area (Å²) in [5.41, 5.74) is 12.6. The Balaban J connectivity index is 1.82. The second kappa shape index (κ2) is 4.36. The van der Waals surface area contributed by atoms with Crippen molar-refractivity contribution in [2.45, 2.75) is 39.0 Å². The lowest BCUT2D eigenvalue weighted by Gasteiger charge is -2.08. The summed E-state index contributed by atoms with van der Waals surface area (Å²) in [6, 6.07) is 6.64. The second-order valence-electron chi connectivity index (χ2n) is 6.85. The molecule has 0 amide bonds. The lowest BCUT2D eigenvalue weighted by atomic mass is 9.97. The maximum Gasteiger partial charge on any atom is 0.129 e. The Bertz CT molecular complexity index is 703. The highest BCUT2D eigenvalue weighted by Gasteiger charge is 2.55. The first-order valence-corrected chi connectivity index (χ1v) is 7.98. The number of anilines is 1. The zero-order valence-electron chi connectivity index (χ0n) is 13.1. The number of benzene rings is 1. The smallest absolute Gasteiger partial charge is 0.129 e. The SMILES string of the molecule is Cc1ccc(-c2c(C3C4CCCC43)nn(C)c2N)cc1C. The quantitative estimate of drug-likeness (QED) is 0.910. The van der Waals surface area contributed by atoms with Gasteiger partial charge in [-0.2, -0.15) is 5.10 Å². The van der Waals surface area contributed by atoms with E-state index in [9.17, 15) is 0 Å². The number of aryl methyl sites for hydroxylation is 3. The number of aromatic nitrogens is 2. The molecule has 0 aliphatic heterocycles. The average molecular weight is 281 g/mol. The number of fused-ring (bicyclic) bond motifs is 1. The van der Waals surface area contributed by atoms with E-state index in [1.165, 1.54) is 47.2 Å². The fourth-order valence-corrected chi connectivity index (χ4v) is 4.21. The normalized spacial score (nSPS) is 26.9. The standard InChI is InChI=1S/C18H23N3/c1-10-7-8-12(9-11(10)2)15-17(20-21(3)18(15)19)16-13-5-4-6-14(13)16/h7-9,13-14,16H,4-6,19H2,1-3H3. The third-order valence-corrected chi connectivity index (χ3v) is 5.64. The van der Waals surface area contributed by atoms with Gasteiger partial charge in [0.05, 0.1) is 5.69 Å². The fraction of sp³-hybridized carbons (Fsp3) is 0.500. The summed E-state index contributed by atoms with van der Waals surface area (Å²) in [5, 5.41) is 4.77. The van der Waals surface area contributed by atoms with Crippen LogP contribution in [0.2, 0.25) is 0 Å². The first-order chi connectivity index (χ1) is 10.1. The van der Waals surface area contributed by atoms with Gasteiger partial charge in [-0.05, 0) is 55.2 Å². The lowest BCUT2D eigenvalue weighted by molar-refractivity contribution is 0.655. The van der Waals surface area contributed by atoms with Gasteiger partial charge in [0.25, 0.3) is 0 Å². The molecule has 110 valence electrons. The molecule has 2 aromatic rings. The molecule has 0 radical (unpaired) electrons. The van der Waals surface area contributed by atoms with Crippen molar-refractivity contribution in [1.82, 2.24) is 9.78 Å². The van der Waals surface area contributed by atoms with Gasteiger partial charge in [-0.25, -0.2) is 0 Å². The van der Waals surface area contributed by atoms with Crippen LogP contribution < -0.4 is 5.73 Å². The van der Waals surface area contributed by atoms with Crippen molar-refractivity contribution in [3.05, 3.63) is 35.0 Å². The van der Waals surface area contributed by atoms with E-state index < -0.39 is 0 Å². The van der Waals surface area contributed by atoms with Gasteiger partial charge in [0.2, 0.25) is 0 Å². The average Bonchev–Trinajstić information content (AvgIpc) is 2.79. The minimum absolute atomic E-state index is 0.652. The number of nitrogens with zero attached hydrogens (tertiary/aromatic N) is 2. The summed E-state index contributed by atoms with van der Waals surface area (Å²) in [4.78, 5) is 0. The van der Waals surface area contributed by atoms with Gasteiger partial charge in [-0.3, -0.25) is 4.68 Å². The monoisotopic (exact) mass is 281 g/mol. The van der Waals surface area contributed by atoms with Crippen molar-refractivity contribution >= 4 is 5.82 Å². The van der Waals surface area contributed by atoms with Crippen LogP contribution >= 0.6 is 0 Å². The van der Waals surface area contributed by atoms with E-state index in [0.717, 1.165) is 17.7 Å². The third kappa shape index (κ3) is 1.83. The van der Waals surface area contributed by atoms with Crippen LogP contribution in [0.1, 0.15) is 42.0 Å². The molecule has 4 rings (SSSR count). The number of rotatable bonds is 2. The number of hydrogen-bond donors (Lipinski definition) is 1. The van der Waals surface area contributed by atoms with Gasteiger partial charge in [-0.1, -0.05) is 24.6 Å². The Kier molecular flexibility index (Phi) is 2.69. The molecule has 2 unspecified atom stereocenters. The van der Waals surface area contributed by atoms with Crippen LogP contribution in [0.4, 0.5) is 5.82 Å². The van der Waals surface area contributed by atoms with Crippen LogP contribution in [0, 0.1) is 25.7 Å². The van der Waals surface area contributed by atoms with Gasteiger partial charge in [0.1, 0.15) is 5.82 Å². The molecule has 2 fully saturated rings. The molecule has 2 aliphatic rings. The van der Waals surface area contributed by atoms with Gasteiger partial charge in [0.15, 0.2) is 0 Å². The molecular weight excluding hydrogens is 258 g/mol. The summed E-state index contributed by atoms with van der Waals surface area (Å²) in [6.45, 7) is 4.31. The van der Waals surface area contributed by atoms with Gasteiger partial charge >= 0.3 is 0 Å². The Labute approximate surface area is 126 Å². The van der Waals surface area contributed by atoms with Crippen LogP contribution in [-0.2, 0) is 7.05 Å². The van der Waals surface area contributed by atoms with E-state index in [2.05, 4.69) is 32.0 Å². The topological polar surface area (TPSA) is 43.8 Å². The molecule has 2 aliphatic carbocycles. The van der Waals surface area contributed by atoms with E-state index >= 15 is 0 Å². The molecular formula is C18H23N3. The van der Waals surface area contributed by atoms with Crippen molar-refractivity contribution in [3.8, 4) is 11.1 Å². The first-order valence-electron chi connectivity index (χ1n) is 7.98. The summed E-state index contributed by atoms with van der Waals surface area (Å²) < 4.78 is 1.86. The highest BCUT2D eigenvalue weighted by atomic mass is 15.3. The molecule has 21 heavy (non-hydrogen) atoms. The number of nitrogen functional groups attached to an aromatic ring is 1. The molecule has 0 saturated heterocycles. The Morgan fingerprint density at radius 2 is 1.86 bits per heavy atom. The minimum Gasteiger partial charge on any atom is -0.383 e. The highest BCUT2D eigenvalue weighted by molar-refractivity contribution is 5.78. The van der Waals surface area contributed by atoms with Crippen LogP contribution in [0.15, 0.2) is 18.2 Å².